The SMILES string of the molecule is COc1ccccc1NC(=O)N(CC(=O)O)CC(F)(F)F. The number of carbonyl (C=O) groups excluding carboxylic acids is 1. The van der Waals surface area contributed by atoms with Crippen LogP contribution >= 0.6 is 0 Å². The number of rotatable bonds is 5. The molecule has 1 aromatic carbocycles. The van der Waals surface area contributed by atoms with E-state index in [9.17, 15) is 22.8 Å². The van der Waals surface area contributed by atoms with E-state index in [-0.39, 0.29) is 16.3 Å². The minimum Gasteiger partial charge on any atom is -0.495 e. The second kappa shape index (κ2) is 6.82. The number of para-hydroxylation sites is 2. The van der Waals surface area contributed by atoms with Crippen LogP contribution in [0.1, 0.15) is 0 Å². The van der Waals surface area contributed by atoms with E-state index in [0.29, 0.717) is 0 Å². The second-order valence-corrected chi connectivity index (χ2v) is 4.00. The van der Waals surface area contributed by atoms with E-state index in [1.807, 2.05) is 0 Å². The molecular formula is C12H13F3N2O4. The molecule has 21 heavy (non-hydrogen) atoms. The highest BCUT2D eigenvalue weighted by atomic mass is 19.4. The van der Waals surface area contributed by atoms with Gasteiger partial charge in [-0.05, 0) is 12.1 Å². The van der Waals surface area contributed by atoms with Crippen molar-refractivity contribution < 1.29 is 32.6 Å². The topological polar surface area (TPSA) is 78.9 Å². The summed E-state index contributed by atoms with van der Waals surface area (Å²) in [5.74, 6) is -1.30. The average molecular weight is 306 g/mol. The molecule has 0 fully saturated rings. The van der Waals surface area contributed by atoms with E-state index in [0.717, 1.165) is 0 Å². The van der Waals surface area contributed by atoms with Crippen LogP contribution in [-0.2, 0) is 4.79 Å². The molecule has 0 heterocycles. The van der Waals surface area contributed by atoms with E-state index >= 15 is 0 Å². The van der Waals surface area contributed by atoms with Crippen molar-refractivity contribution in [2.75, 3.05) is 25.5 Å². The van der Waals surface area contributed by atoms with Crippen molar-refractivity contribution in [1.29, 1.82) is 0 Å². The zero-order valence-corrected chi connectivity index (χ0v) is 11.0. The number of carboxylic acid groups (broad SMARTS) is 1. The lowest BCUT2D eigenvalue weighted by Gasteiger charge is -2.23. The van der Waals surface area contributed by atoms with Crippen molar-refractivity contribution in [3.63, 3.8) is 0 Å². The minimum atomic E-state index is -4.70. The summed E-state index contributed by atoms with van der Waals surface area (Å²) in [6.07, 6.45) is -4.70. The normalized spacial score (nSPS) is 10.9. The van der Waals surface area contributed by atoms with E-state index in [2.05, 4.69) is 5.32 Å². The lowest BCUT2D eigenvalue weighted by atomic mass is 10.3. The third-order valence-corrected chi connectivity index (χ3v) is 2.33. The quantitative estimate of drug-likeness (QED) is 0.874. The molecule has 116 valence electrons. The van der Waals surface area contributed by atoms with E-state index < -0.39 is 31.3 Å². The molecule has 6 nitrogen and oxygen atoms in total. The van der Waals surface area contributed by atoms with Gasteiger partial charge >= 0.3 is 18.2 Å². The molecule has 0 spiro atoms. The van der Waals surface area contributed by atoms with Crippen LogP contribution in [0.25, 0.3) is 0 Å². The molecule has 0 bridgehead atoms. The number of anilines is 1. The van der Waals surface area contributed by atoms with Crippen molar-refractivity contribution in [2.24, 2.45) is 0 Å². The first-order valence-corrected chi connectivity index (χ1v) is 5.70. The molecule has 0 aliphatic heterocycles. The molecule has 1 aromatic rings. The van der Waals surface area contributed by atoms with Crippen LogP contribution in [0.3, 0.4) is 0 Å². The predicted molar refractivity (Wildman–Crippen MR) is 67.3 cm³/mol. The maximum Gasteiger partial charge on any atom is 0.406 e. The van der Waals surface area contributed by atoms with Gasteiger partial charge in [0.1, 0.15) is 18.8 Å². The number of halogens is 3. The number of alkyl halides is 3. The molecule has 1 rings (SSSR count). The summed E-state index contributed by atoms with van der Waals surface area (Å²) in [5.41, 5.74) is 0.141. The molecule has 0 atom stereocenters. The molecule has 0 radical (unpaired) electrons. The number of ether oxygens (including phenoxy) is 1. The Morgan fingerprint density at radius 3 is 2.48 bits per heavy atom. The fraction of sp³-hybridized carbons (Fsp3) is 0.333. The lowest BCUT2D eigenvalue weighted by Crippen LogP contribution is -2.44. The summed E-state index contributed by atoms with van der Waals surface area (Å²) in [4.78, 5) is 22.5. The van der Waals surface area contributed by atoms with Crippen molar-refractivity contribution in [1.82, 2.24) is 4.90 Å². The number of hydrogen-bond acceptors (Lipinski definition) is 3. The van der Waals surface area contributed by atoms with E-state index in [1.54, 1.807) is 12.1 Å². The molecule has 9 heteroatoms. The molecular weight excluding hydrogens is 293 g/mol. The van der Waals surface area contributed by atoms with Gasteiger partial charge in [0, 0.05) is 0 Å². The summed E-state index contributed by atoms with van der Waals surface area (Å²) in [5, 5.41) is 10.8. The predicted octanol–water partition coefficient (Wildman–Crippen LogP) is 2.18. The Balaban J connectivity index is 2.87. The number of nitrogens with zero attached hydrogens (tertiary/aromatic N) is 1. The summed E-state index contributed by atoms with van der Waals surface area (Å²) in [6.45, 7) is -2.74. The number of hydrogen-bond donors (Lipinski definition) is 2. The number of benzene rings is 1. The summed E-state index contributed by atoms with van der Waals surface area (Å²) in [7, 11) is 1.33. The Kier molecular flexibility index (Phi) is 5.39. The van der Waals surface area contributed by atoms with Gasteiger partial charge in [-0.25, -0.2) is 4.79 Å². The van der Waals surface area contributed by atoms with Crippen LogP contribution in [0.15, 0.2) is 24.3 Å². The van der Waals surface area contributed by atoms with Gasteiger partial charge in [0.2, 0.25) is 0 Å². The van der Waals surface area contributed by atoms with Gasteiger partial charge in [-0.1, -0.05) is 12.1 Å². The average Bonchev–Trinajstić information content (AvgIpc) is 2.36. The number of carbonyl (C=O) groups is 2. The number of amides is 2. The molecule has 0 aliphatic carbocycles. The highest BCUT2D eigenvalue weighted by Gasteiger charge is 2.34. The fourth-order valence-corrected chi connectivity index (χ4v) is 1.52. The summed E-state index contributed by atoms with van der Waals surface area (Å²) in [6, 6.07) is 4.89. The summed E-state index contributed by atoms with van der Waals surface area (Å²) >= 11 is 0. The highest BCUT2D eigenvalue weighted by Crippen LogP contribution is 2.24. The molecule has 2 N–H and O–H groups in total. The van der Waals surface area contributed by atoms with Crippen LogP contribution < -0.4 is 10.1 Å². The summed E-state index contributed by atoms with van der Waals surface area (Å²) < 4.78 is 42.0. The highest BCUT2D eigenvalue weighted by molar-refractivity contribution is 5.92. The molecule has 0 saturated carbocycles. The van der Waals surface area contributed by atoms with Crippen LogP contribution in [0.4, 0.5) is 23.7 Å². The fourth-order valence-electron chi connectivity index (χ4n) is 1.52. The first-order valence-electron chi connectivity index (χ1n) is 5.70. The Morgan fingerprint density at radius 1 is 1.33 bits per heavy atom. The second-order valence-electron chi connectivity index (χ2n) is 4.00. The van der Waals surface area contributed by atoms with Gasteiger partial charge in [-0.2, -0.15) is 13.2 Å². The number of urea groups is 1. The van der Waals surface area contributed by atoms with Crippen LogP contribution in [0, 0.1) is 0 Å². The Bertz CT molecular complexity index is 519. The van der Waals surface area contributed by atoms with Crippen molar-refractivity contribution >= 4 is 17.7 Å². The molecule has 0 saturated heterocycles. The monoisotopic (exact) mass is 306 g/mol. The van der Waals surface area contributed by atoms with E-state index in [1.165, 1.54) is 19.2 Å². The third-order valence-electron chi connectivity index (χ3n) is 2.33. The smallest absolute Gasteiger partial charge is 0.406 e. The van der Waals surface area contributed by atoms with Crippen LogP contribution in [0.5, 0.6) is 5.75 Å². The lowest BCUT2D eigenvalue weighted by molar-refractivity contribution is -0.148. The largest absolute Gasteiger partial charge is 0.495 e. The Hall–Kier alpha value is -2.45. The standard InChI is InChI=1S/C12H13F3N2O4/c1-21-9-5-3-2-4-8(9)16-11(20)17(6-10(18)19)7-12(13,14)15/h2-5H,6-7H2,1H3,(H,16,20)(H,18,19). The van der Waals surface area contributed by atoms with Gasteiger partial charge in [-0.3, -0.25) is 4.79 Å². The van der Waals surface area contributed by atoms with Crippen molar-refractivity contribution in [3.8, 4) is 5.75 Å². The number of methoxy groups -OCH3 is 1. The van der Waals surface area contributed by atoms with Crippen LogP contribution in [-0.4, -0.2) is 48.4 Å². The van der Waals surface area contributed by atoms with E-state index in [4.69, 9.17) is 9.84 Å². The van der Waals surface area contributed by atoms with Gasteiger partial charge in [-0.15, -0.1) is 0 Å². The van der Waals surface area contributed by atoms with Crippen LogP contribution in [0.2, 0.25) is 0 Å². The number of nitrogens with one attached hydrogen (secondary N) is 1. The molecule has 0 aromatic heterocycles. The number of carboxylic acids is 1. The van der Waals surface area contributed by atoms with Crippen molar-refractivity contribution in [3.05, 3.63) is 24.3 Å². The van der Waals surface area contributed by atoms with Gasteiger partial charge in [0.15, 0.2) is 0 Å². The first kappa shape index (κ1) is 16.6. The van der Waals surface area contributed by atoms with Gasteiger partial charge < -0.3 is 20.1 Å². The maximum absolute atomic E-state index is 12.4. The zero-order valence-electron chi connectivity index (χ0n) is 11.0. The first-order chi connectivity index (χ1) is 9.73. The maximum atomic E-state index is 12.4. The van der Waals surface area contributed by atoms with Crippen molar-refractivity contribution in [2.45, 2.75) is 6.18 Å². The molecule has 2 amide bonds. The molecule has 0 unspecified atom stereocenters. The third kappa shape index (κ3) is 5.59. The minimum absolute atomic E-state index is 0.141. The zero-order chi connectivity index (χ0) is 16.0. The Labute approximate surface area is 118 Å². The number of aliphatic carboxylic acids is 1. The van der Waals surface area contributed by atoms with Gasteiger partial charge in [0.05, 0.1) is 12.8 Å². The Morgan fingerprint density at radius 2 is 1.95 bits per heavy atom. The van der Waals surface area contributed by atoms with Gasteiger partial charge in [0.25, 0.3) is 0 Å². The molecule has 0 aliphatic rings.